The molecular weight excluding hydrogens is 264 g/mol. The molecule has 1 saturated carbocycles. The number of amides is 1. The van der Waals surface area contributed by atoms with Crippen molar-refractivity contribution in [1.29, 1.82) is 0 Å². The van der Waals surface area contributed by atoms with E-state index in [1.165, 1.54) is 12.8 Å². The Balaban J connectivity index is 2.29. The molecule has 0 bridgehead atoms. The zero-order chi connectivity index (χ0) is 15.6. The van der Waals surface area contributed by atoms with Crippen LogP contribution in [-0.4, -0.2) is 40.4 Å². The Kier molecular flexibility index (Phi) is 4.80. The van der Waals surface area contributed by atoms with E-state index in [-0.39, 0.29) is 17.9 Å². The Hall–Kier alpha value is -1.65. The van der Waals surface area contributed by atoms with Gasteiger partial charge in [0.15, 0.2) is 5.69 Å². The highest BCUT2D eigenvalue weighted by Crippen LogP contribution is 2.35. The molecule has 1 aromatic heterocycles. The van der Waals surface area contributed by atoms with E-state index >= 15 is 0 Å². The average molecular weight is 290 g/mol. The topological polar surface area (TPSA) is 58.1 Å². The summed E-state index contributed by atoms with van der Waals surface area (Å²) in [4.78, 5) is 23.5. The van der Waals surface area contributed by atoms with Crippen molar-refractivity contribution in [2.75, 3.05) is 18.9 Å². The molecule has 0 spiro atoms. The molecule has 1 atom stereocenters. The van der Waals surface area contributed by atoms with Crippen molar-refractivity contribution in [3.63, 3.8) is 0 Å². The standard InChI is InChI=1S/C16H26N4O/c1-6-17-13-9-18-15(10(2)3)19-14(13)16(21)20(5)11(4)12-7-8-12/h9-12,17H,6-8H2,1-5H3. The van der Waals surface area contributed by atoms with Gasteiger partial charge in [0.05, 0.1) is 11.9 Å². The molecule has 0 radical (unpaired) electrons. The largest absolute Gasteiger partial charge is 0.382 e. The van der Waals surface area contributed by atoms with E-state index < -0.39 is 0 Å². The number of hydrogen-bond acceptors (Lipinski definition) is 4. The fraction of sp³-hybridized carbons (Fsp3) is 0.688. The second-order valence-electron chi connectivity index (χ2n) is 6.17. The molecule has 116 valence electrons. The molecule has 0 saturated heterocycles. The lowest BCUT2D eigenvalue weighted by Crippen LogP contribution is -2.37. The van der Waals surface area contributed by atoms with Crippen molar-refractivity contribution in [2.24, 2.45) is 5.92 Å². The van der Waals surface area contributed by atoms with Gasteiger partial charge in [-0.25, -0.2) is 9.97 Å². The molecule has 1 unspecified atom stereocenters. The number of carbonyl (C=O) groups excluding carboxylic acids is 1. The Morgan fingerprint density at radius 2 is 2.10 bits per heavy atom. The summed E-state index contributed by atoms with van der Waals surface area (Å²) in [5, 5.41) is 3.19. The van der Waals surface area contributed by atoms with Gasteiger partial charge >= 0.3 is 0 Å². The Morgan fingerprint density at radius 3 is 2.62 bits per heavy atom. The van der Waals surface area contributed by atoms with Crippen molar-refractivity contribution in [1.82, 2.24) is 14.9 Å². The summed E-state index contributed by atoms with van der Waals surface area (Å²) >= 11 is 0. The third kappa shape index (κ3) is 3.52. The number of hydrogen-bond donors (Lipinski definition) is 1. The van der Waals surface area contributed by atoms with Gasteiger partial charge in [-0.05, 0) is 32.6 Å². The van der Waals surface area contributed by atoms with Crippen LogP contribution in [0.3, 0.4) is 0 Å². The van der Waals surface area contributed by atoms with Crippen LogP contribution in [0.15, 0.2) is 6.20 Å². The number of carbonyl (C=O) groups is 1. The molecule has 1 N–H and O–H groups in total. The van der Waals surface area contributed by atoms with E-state index in [1.54, 1.807) is 6.20 Å². The van der Waals surface area contributed by atoms with E-state index in [1.807, 2.05) is 32.7 Å². The summed E-state index contributed by atoms with van der Waals surface area (Å²) in [7, 11) is 1.87. The van der Waals surface area contributed by atoms with Crippen LogP contribution in [0, 0.1) is 5.92 Å². The molecule has 21 heavy (non-hydrogen) atoms. The van der Waals surface area contributed by atoms with Crippen molar-refractivity contribution >= 4 is 11.6 Å². The van der Waals surface area contributed by atoms with Crippen molar-refractivity contribution in [3.8, 4) is 0 Å². The first-order chi connectivity index (χ1) is 9.95. The van der Waals surface area contributed by atoms with E-state index in [0.717, 1.165) is 12.2 Å². The van der Waals surface area contributed by atoms with Crippen molar-refractivity contribution < 1.29 is 4.79 Å². The highest BCUT2D eigenvalue weighted by Gasteiger charge is 2.33. The van der Waals surface area contributed by atoms with Gasteiger partial charge < -0.3 is 10.2 Å². The average Bonchev–Trinajstić information content (AvgIpc) is 3.30. The van der Waals surface area contributed by atoms with Gasteiger partial charge in [-0.15, -0.1) is 0 Å². The monoisotopic (exact) mass is 290 g/mol. The summed E-state index contributed by atoms with van der Waals surface area (Å²) in [5.74, 6) is 1.55. The highest BCUT2D eigenvalue weighted by molar-refractivity contribution is 5.97. The van der Waals surface area contributed by atoms with Crippen molar-refractivity contribution in [3.05, 3.63) is 17.7 Å². The van der Waals surface area contributed by atoms with Gasteiger partial charge in [0.2, 0.25) is 0 Å². The lowest BCUT2D eigenvalue weighted by atomic mass is 10.1. The molecule has 5 nitrogen and oxygen atoms in total. The van der Waals surface area contributed by atoms with Crippen LogP contribution in [0.25, 0.3) is 0 Å². The maximum Gasteiger partial charge on any atom is 0.274 e. The van der Waals surface area contributed by atoms with E-state index in [0.29, 0.717) is 17.4 Å². The lowest BCUT2D eigenvalue weighted by molar-refractivity contribution is 0.0722. The van der Waals surface area contributed by atoms with E-state index in [4.69, 9.17) is 0 Å². The molecule has 0 aromatic carbocycles. The summed E-state index contributed by atoms with van der Waals surface area (Å²) < 4.78 is 0. The summed E-state index contributed by atoms with van der Waals surface area (Å²) in [6, 6.07) is 0.268. The first-order valence-corrected chi connectivity index (χ1v) is 7.83. The summed E-state index contributed by atoms with van der Waals surface area (Å²) in [6.45, 7) is 8.93. The molecule has 1 aliphatic carbocycles. The van der Waals surface area contributed by atoms with Crippen LogP contribution in [-0.2, 0) is 0 Å². The SMILES string of the molecule is CCNc1cnc(C(C)C)nc1C(=O)N(C)C(C)C1CC1. The molecule has 1 aromatic rings. The zero-order valence-corrected chi connectivity index (χ0v) is 13.7. The Morgan fingerprint density at radius 1 is 1.43 bits per heavy atom. The van der Waals surface area contributed by atoms with Gasteiger partial charge in [0.1, 0.15) is 5.82 Å². The fourth-order valence-corrected chi connectivity index (χ4v) is 2.40. The molecule has 1 aliphatic rings. The molecule has 5 heteroatoms. The molecule has 1 fully saturated rings. The smallest absolute Gasteiger partial charge is 0.274 e. The molecular formula is C16H26N4O. The fourth-order valence-electron chi connectivity index (χ4n) is 2.40. The third-order valence-electron chi connectivity index (χ3n) is 4.13. The van der Waals surface area contributed by atoms with Gasteiger partial charge in [-0.1, -0.05) is 13.8 Å². The van der Waals surface area contributed by atoms with Gasteiger partial charge in [0.25, 0.3) is 5.91 Å². The first kappa shape index (κ1) is 15.7. The quantitative estimate of drug-likeness (QED) is 0.875. The van der Waals surface area contributed by atoms with Gasteiger partial charge in [-0.3, -0.25) is 4.79 Å². The molecule has 1 heterocycles. The minimum absolute atomic E-state index is 0.0188. The minimum Gasteiger partial charge on any atom is -0.382 e. The molecule has 0 aliphatic heterocycles. The third-order valence-corrected chi connectivity index (χ3v) is 4.13. The highest BCUT2D eigenvalue weighted by atomic mass is 16.2. The minimum atomic E-state index is -0.0188. The number of aromatic nitrogens is 2. The maximum absolute atomic E-state index is 12.8. The molecule has 2 rings (SSSR count). The van der Waals surface area contributed by atoms with Crippen LogP contribution in [0.2, 0.25) is 0 Å². The number of nitrogens with zero attached hydrogens (tertiary/aromatic N) is 3. The Bertz CT molecular complexity index is 511. The van der Waals surface area contributed by atoms with Crippen molar-refractivity contribution in [2.45, 2.75) is 52.5 Å². The second kappa shape index (κ2) is 6.41. The number of rotatable bonds is 6. The van der Waals surface area contributed by atoms with E-state index in [9.17, 15) is 4.79 Å². The first-order valence-electron chi connectivity index (χ1n) is 7.83. The predicted octanol–water partition coefficient (Wildman–Crippen LogP) is 2.90. The number of nitrogens with one attached hydrogen (secondary N) is 1. The van der Waals surface area contributed by atoms with Gasteiger partial charge in [0, 0.05) is 25.6 Å². The summed E-state index contributed by atoms with van der Waals surface area (Å²) in [6.07, 6.45) is 4.18. The lowest BCUT2D eigenvalue weighted by Gasteiger charge is -2.25. The van der Waals surface area contributed by atoms with E-state index in [2.05, 4.69) is 22.2 Å². The van der Waals surface area contributed by atoms with Crippen LogP contribution < -0.4 is 5.32 Å². The van der Waals surface area contributed by atoms with Crippen LogP contribution >= 0.6 is 0 Å². The predicted molar refractivity (Wildman–Crippen MR) is 84.6 cm³/mol. The van der Waals surface area contributed by atoms with Crippen LogP contribution in [0.5, 0.6) is 0 Å². The maximum atomic E-state index is 12.8. The van der Waals surface area contributed by atoms with Crippen LogP contribution in [0.4, 0.5) is 5.69 Å². The van der Waals surface area contributed by atoms with Crippen LogP contribution in [0.1, 0.15) is 62.8 Å². The normalized spacial score (nSPS) is 15.9. The second-order valence-corrected chi connectivity index (χ2v) is 6.17. The Labute approximate surface area is 127 Å². The number of anilines is 1. The zero-order valence-electron chi connectivity index (χ0n) is 13.7. The molecule has 1 amide bonds. The summed E-state index contributed by atoms with van der Waals surface area (Å²) in [5.41, 5.74) is 1.22. The van der Waals surface area contributed by atoms with Gasteiger partial charge in [-0.2, -0.15) is 0 Å².